The van der Waals surface area contributed by atoms with Crippen LogP contribution < -0.4 is 11.1 Å². The van der Waals surface area contributed by atoms with Crippen molar-refractivity contribution in [3.05, 3.63) is 28.7 Å². The molecule has 3 N–H and O–H groups in total. The van der Waals surface area contributed by atoms with Crippen LogP contribution in [0.5, 0.6) is 0 Å². The lowest BCUT2D eigenvalue weighted by molar-refractivity contribution is -0.137. The van der Waals surface area contributed by atoms with E-state index in [4.69, 9.17) is 22.1 Å². The lowest BCUT2D eigenvalue weighted by atomic mass is 10.2. The van der Waals surface area contributed by atoms with Gasteiger partial charge in [0.15, 0.2) is 11.5 Å². The number of methoxy groups -OCH3 is 1. The molecule has 0 fully saturated rings. The molecule has 11 heteroatoms. The van der Waals surface area contributed by atoms with E-state index in [1.54, 1.807) is 0 Å². The second-order valence-corrected chi connectivity index (χ2v) is 5.07. The van der Waals surface area contributed by atoms with Crippen LogP contribution in [0.4, 0.5) is 13.2 Å². The number of ether oxygens (including phenoxy) is 1. The maximum absolute atomic E-state index is 12.8. The molecule has 1 atom stereocenters. The zero-order valence-electron chi connectivity index (χ0n) is 11.9. The molecule has 0 radical (unpaired) electrons. The van der Waals surface area contributed by atoms with Gasteiger partial charge in [-0.25, -0.2) is 0 Å². The monoisotopic (exact) mass is 351 g/mol. The molecule has 126 valence electrons. The number of carbonyl (C=O) groups is 1. The Balaban J connectivity index is 2.25. The highest BCUT2D eigenvalue weighted by molar-refractivity contribution is 6.33. The first-order valence-corrected chi connectivity index (χ1v) is 6.74. The van der Waals surface area contributed by atoms with E-state index in [0.717, 1.165) is 16.7 Å². The lowest BCUT2D eigenvalue weighted by Gasteiger charge is -2.11. The van der Waals surface area contributed by atoms with Gasteiger partial charge in [0.1, 0.15) is 6.04 Å². The standard InChI is InChI=1S/C12H13ClF3N5O2/c1-23-5-8(17)11(22)18-3-9-19-20-10-7(13)2-6(4-21(9)10)12(14,15)16/h2,4,8H,3,5,17H2,1H3,(H,18,22). The fourth-order valence-corrected chi connectivity index (χ4v) is 2.07. The summed E-state index contributed by atoms with van der Waals surface area (Å²) in [5, 5.41) is 9.69. The van der Waals surface area contributed by atoms with Gasteiger partial charge in [-0.2, -0.15) is 13.2 Å². The van der Waals surface area contributed by atoms with E-state index in [0.29, 0.717) is 0 Å². The van der Waals surface area contributed by atoms with Crippen LogP contribution in [0.3, 0.4) is 0 Å². The number of carbonyl (C=O) groups excluding carboxylic acids is 1. The predicted octanol–water partition coefficient (Wildman–Crippen LogP) is 0.991. The number of nitrogens with zero attached hydrogens (tertiary/aromatic N) is 3. The summed E-state index contributed by atoms with van der Waals surface area (Å²) in [4.78, 5) is 11.7. The van der Waals surface area contributed by atoms with Gasteiger partial charge in [0.05, 0.1) is 23.7 Å². The molecule has 1 amide bonds. The molecule has 0 bridgehead atoms. The summed E-state index contributed by atoms with van der Waals surface area (Å²) >= 11 is 5.79. The molecule has 2 rings (SSSR count). The Morgan fingerprint density at radius 3 is 2.83 bits per heavy atom. The number of nitrogens with one attached hydrogen (secondary N) is 1. The maximum Gasteiger partial charge on any atom is 0.417 e. The second kappa shape index (κ2) is 6.69. The first kappa shape index (κ1) is 17.4. The maximum atomic E-state index is 12.8. The van der Waals surface area contributed by atoms with Crippen molar-refractivity contribution in [1.82, 2.24) is 19.9 Å². The van der Waals surface area contributed by atoms with E-state index in [9.17, 15) is 18.0 Å². The molecule has 2 heterocycles. The Morgan fingerprint density at radius 1 is 1.52 bits per heavy atom. The van der Waals surface area contributed by atoms with Crippen molar-refractivity contribution in [3.8, 4) is 0 Å². The number of rotatable bonds is 5. The van der Waals surface area contributed by atoms with Crippen LogP contribution >= 0.6 is 11.6 Å². The van der Waals surface area contributed by atoms with Crippen LogP contribution in [0.1, 0.15) is 11.4 Å². The van der Waals surface area contributed by atoms with Crippen molar-refractivity contribution in [1.29, 1.82) is 0 Å². The number of halogens is 4. The predicted molar refractivity (Wildman–Crippen MR) is 74.7 cm³/mol. The van der Waals surface area contributed by atoms with Gasteiger partial charge in [-0.05, 0) is 6.07 Å². The summed E-state index contributed by atoms with van der Waals surface area (Å²) in [5.74, 6) is -0.437. The number of amides is 1. The van der Waals surface area contributed by atoms with E-state index < -0.39 is 23.7 Å². The number of nitrogens with two attached hydrogens (primary N) is 1. The number of fused-ring (bicyclic) bond motifs is 1. The van der Waals surface area contributed by atoms with Gasteiger partial charge < -0.3 is 15.8 Å². The number of hydrogen-bond donors (Lipinski definition) is 2. The van der Waals surface area contributed by atoms with E-state index in [2.05, 4.69) is 15.5 Å². The smallest absolute Gasteiger partial charge is 0.383 e. The van der Waals surface area contributed by atoms with Crippen molar-refractivity contribution in [2.75, 3.05) is 13.7 Å². The van der Waals surface area contributed by atoms with E-state index in [-0.39, 0.29) is 29.6 Å². The van der Waals surface area contributed by atoms with Gasteiger partial charge in [-0.15, -0.1) is 10.2 Å². The molecular weight excluding hydrogens is 339 g/mol. The molecule has 2 aromatic rings. The van der Waals surface area contributed by atoms with Crippen molar-refractivity contribution in [3.63, 3.8) is 0 Å². The highest BCUT2D eigenvalue weighted by Crippen LogP contribution is 2.32. The quantitative estimate of drug-likeness (QED) is 0.837. The Bertz CT molecular complexity index is 719. The molecule has 2 aromatic heterocycles. The fourth-order valence-electron chi connectivity index (χ4n) is 1.83. The molecule has 0 spiro atoms. The minimum atomic E-state index is -4.57. The highest BCUT2D eigenvalue weighted by atomic mass is 35.5. The van der Waals surface area contributed by atoms with Crippen LogP contribution in [-0.4, -0.2) is 40.3 Å². The summed E-state index contributed by atoms with van der Waals surface area (Å²) in [6.07, 6.45) is -3.75. The van der Waals surface area contributed by atoms with E-state index >= 15 is 0 Å². The normalized spacial score (nSPS) is 13.3. The molecule has 0 aliphatic carbocycles. The Kier molecular flexibility index (Phi) is 5.07. The number of alkyl halides is 3. The average molecular weight is 352 g/mol. The topological polar surface area (TPSA) is 94.5 Å². The molecular formula is C12H13ClF3N5O2. The molecule has 0 aliphatic rings. The van der Waals surface area contributed by atoms with Crippen LogP contribution in [0.2, 0.25) is 5.02 Å². The minimum absolute atomic E-state index is 0.0104. The molecule has 0 saturated heterocycles. The van der Waals surface area contributed by atoms with Crippen molar-refractivity contribution < 1.29 is 22.7 Å². The van der Waals surface area contributed by atoms with Gasteiger partial charge >= 0.3 is 6.18 Å². The van der Waals surface area contributed by atoms with Crippen LogP contribution in [-0.2, 0) is 22.3 Å². The third-order valence-corrected chi connectivity index (χ3v) is 3.24. The van der Waals surface area contributed by atoms with Crippen molar-refractivity contribution in [2.24, 2.45) is 5.73 Å². The second-order valence-electron chi connectivity index (χ2n) is 4.66. The van der Waals surface area contributed by atoms with Gasteiger partial charge in [-0.3, -0.25) is 9.20 Å². The average Bonchev–Trinajstić information content (AvgIpc) is 2.87. The van der Waals surface area contributed by atoms with Crippen LogP contribution in [0, 0.1) is 0 Å². The van der Waals surface area contributed by atoms with Crippen molar-refractivity contribution >= 4 is 23.2 Å². The van der Waals surface area contributed by atoms with Gasteiger partial charge in [0.2, 0.25) is 5.91 Å². The summed E-state index contributed by atoms with van der Waals surface area (Å²) in [6, 6.07) is -0.129. The minimum Gasteiger partial charge on any atom is -0.383 e. The van der Waals surface area contributed by atoms with Crippen LogP contribution in [0.25, 0.3) is 5.65 Å². The number of pyridine rings is 1. The molecule has 0 aromatic carbocycles. The van der Waals surface area contributed by atoms with Crippen molar-refractivity contribution in [2.45, 2.75) is 18.8 Å². The van der Waals surface area contributed by atoms with E-state index in [1.807, 2.05) is 0 Å². The Morgan fingerprint density at radius 2 is 2.22 bits per heavy atom. The zero-order valence-corrected chi connectivity index (χ0v) is 12.6. The molecule has 0 saturated carbocycles. The number of aromatic nitrogens is 3. The summed E-state index contributed by atoms with van der Waals surface area (Å²) < 4.78 is 44.3. The summed E-state index contributed by atoms with van der Waals surface area (Å²) in [5.41, 5.74) is 4.65. The van der Waals surface area contributed by atoms with Gasteiger partial charge in [0, 0.05) is 13.3 Å². The Labute approximate surface area is 133 Å². The summed E-state index contributed by atoms with van der Waals surface area (Å²) in [7, 11) is 1.39. The fraction of sp³-hybridized carbons (Fsp3) is 0.417. The molecule has 23 heavy (non-hydrogen) atoms. The molecule has 1 unspecified atom stereocenters. The first-order chi connectivity index (χ1) is 10.7. The highest BCUT2D eigenvalue weighted by Gasteiger charge is 2.32. The zero-order chi connectivity index (χ0) is 17.2. The third-order valence-electron chi connectivity index (χ3n) is 2.96. The van der Waals surface area contributed by atoms with Gasteiger partial charge in [-0.1, -0.05) is 11.6 Å². The van der Waals surface area contributed by atoms with E-state index in [1.165, 1.54) is 7.11 Å². The lowest BCUT2D eigenvalue weighted by Crippen LogP contribution is -2.43. The van der Waals surface area contributed by atoms with Crippen LogP contribution in [0.15, 0.2) is 12.3 Å². The third kappa shape index (κ3) is 3.89. The largest absolute Gasteiger partial charge is 0.417 e. The first-order valence-electron chi connectivity index (χ1n) is 6.36. The summed E-state index contributed by atoms with van der Waals surface area (Å²) in [6.45, 7) is -0.147. The SMILES string of the molecule is COCC(N)C(=O)NCc1nnc2c(Cl)cc(C(F)(F)F)cn12. The Hall–Kier alpha value is -1.91. The molecule has 0 aliphatic heterocycles. The molecule has 7 nitrogen and oxygen atoms in total. The van der Waals surface area contributed by atoms with Gasteiger partial charge in [0.25, 0.3) is 0 Å². The number of hydrogen-bond acceptors (Lipinski definition) is 5.